The summed E-state index contributed by atoms with van der Waals surface area (Å²) in [7, 11) is 0. The first-order valence-corrected chi connectivity index (χ1v) is 9.94. The van der Waals surface area contributed by atoms with Crippen LogP contribution in [0.3, 0.4) is 0 Å². The second-order valence-electron chi connectivity index (χ2n) is 7.30. The maximum atomic E-state index is 12.6. The molecule has 0 aliphatic heterocycles. The summed E-state index contributed by atoms with van der Waals surface area (Å²) in [4.78, 5) is 16.5. The van der Waals surface area contributed by atoms with Crippen molar-refractivity contribution in [3.05, 3.63) is 66.7 Å². The summed E-state index contributed by atoms with van der Waals surface area (Å²) >= 11 is 0. The molecule has 1 heterocycles. The summed E-state index contributed by atoms with van der Waals surface area (Å²) in [5.74, 6) is 0.885. The number of aromatic nitrogens is 3. The molecule has 2 N–H and O–H groups in total. The molecule has 0 radical (unpaired) electrons. The predicted octanol–water partition coefficient (Wildman–Crippen LogP) is 4.09. The maximum absolute atomic E-state index is 12.6. The van der Waals surface area contributed by atoms with Crippen LogP contribution in [-0.4, -0.2) is 32.9 Å². The van der Waals surface area contributed by atoms with Crippen LogP contribution in [0.5, 0.6) is 5.75 Å². The SMILES string of the molecule is Cc1ccccc1OC1CCCCC1NC(=O)Nc1ccc(-n2cncn2)cc1. The first-order chi connectivity index (χ1) is 14.2. The molecule has 2 aromatic carbocycles. The largest absolute Gasteiger partial charge is 0.488 e. The summed E-state index contributed by atoms with van der Waals surface area (Å²) in [6.07, 6.45) is 7.14. The fourth-order valence-electron chi connectivity index (χ4n) is 3.63. The van der Waals surface area contributed by atoms with E-state index < -0.39 is 0 Å². The fourth-order valence-corrected chi connectivity index (χ4v) is 3.63. The van der Waals surface area contributed by atoms with Crippen LogP contribution in [-0.2, 0) is 0 Å². The number of nitrogens with zero attached hydrogens (tertiary/aromatic N) is 3. The van der Waals surface area contributed by atoms with Crippen LogP contribution in [0, 0.1) is 6.92 Å². The topological polar surface area (TPSA) is 81.1 Å². The zero-order valence-electron chi connectivity index (χ0n) is 16.4. The van der Waals surface area contributed by atoms with Crippen LogP contribution in [0.1, 0.15) is 31.2 Å². The van der Waals surface area contributed by atoms with E-state index in [1.54, 1.807) is 11.0 Å². The molecule has 3 aromatic rings. The molecule has 1 aromatic heterocycles. The first kappa shape index (κ1) is 19.0. The molecule has 7 nitrogen and oxygen atoms in total. The lowest BCUT2D eigenvalue weighted by molar-refractivity contribution is 0.117. The van der Waals surface area contributed by atoms with E-state index >= 15 is 0 Å². The number of rotatable bonds is 5. The Labute approximate surface area is 170 Å². The number of anilines is 1. The molecule has 2 atom stereocenters. The quantitative estimate of drug-likeness (QED) is 0.686. The van der Waals surface area contributed by atoms with Gasteiger partial charge in [-0.3, -0.25) is 0 Å². The Hall–Kier alpha value is -3.35. The van der Waals surface area contributed by atoms with Crippen molar-refractivity contribution in [3.8, 4) is 11.4 Å². The van der Waals surface area contributed by atoms with Gasteiger partial charge in [0.1, 0.15) is 24.5 Å². The lowest BCUT2D eigenvalue weighted by Gasteiger charge is -2.32. The Balaban J connectivity index is 1.36. The minimum atomic E-state index is -0.219. The molecule has 29 heavy (non-hydrogen) atoms. The van der Waals surface area contributed by atoms with Gasteiger partial charge in [0.2, 0.25) is 0 Å². The molecule has 7 heteroatoms. The number of urea groups is 1. The van der Waals surface area contributed by atoms with E-state index in [0.29, 0.717) is 0 Å². The van der Waals surface area contributed by atoms with Gasteiger partial charge in [0, 0.05) is 5.69 Å². The van der Waals surface area contributed by atoms with Gasteiger partial charge in [0.05, 0.1) is 11.7 Å². The summed E-state index contributed by atoms with van der Waals surface area (Å²) in [5, 5.41) is 10.1. The Bertz CT molecular complexity index is 940. The molecule has 0 bridgehead atoms. The molecular weight excluding hydrogens is 366 g/mol. The van der Waals surface area contributed by atoms with E-state index in [0.717, 1.165) is 48.4 Å². The van der Waals surface area contributed by atoms with Crippen LogP contribution in [0.25, 0.3) is 5.69 Å². The van der Waals surface area contributed by atoms with Crippen molar-refractivity contribution in [3.63, 3.8) is 0 Å². The van der Waals surface area contributed by atoms with Crippen molar-refractivity contribution in [1.82, 2.24) is 20.1 Å². The van der Waals surface area contributed by atoms with Crippen LogP contribution in [0.2, 0.25) is 0 Å². The highest BCUT2D eigenvalue weighted by molar-refractivity contribution is 5.89. The summed E-state index contributed by atoms with van der Waals surface area (Å²) in [5.41, 5.74) is 2.71. The molecule has 4 rings (SSSR count). The van der Waals surface area contributed by atoms with E-state index in [9.17, 15) is 4.79 Å². The zero-order valence-corrected chi connectivity index (χ0v) is 16.4. The number of para-hydroxylation sites is 1. The van der Waals surface area contributed by atoms with Gasteiger partial charge in [-0.05, 0) is 62.1 Å². The second-order valence-corrected chi connectivity index (χ2v) is 7.30. The van der Waals surface area contributed by atoms with Gasteiger partial charge < -0.3 is 15.4 Å². The average molecular weight is 391 g/mol. The van der Waals surface area contributed by atoms with Gasteiger partial charge in [-0.15, -0.1) is 0 Å². The number of aryl methyl sites for hydroxylation is 1. The third kappa shape index (κ3) is 4.74. The number of carbonyl (C=O) groups excluding carboxylic acids is 1. The van der Waals surface area contributed by atoms with E-state index in [1.807, 2.05) is 55.5 Å². The summed E-state index contributed by atoms with van der Waals surface area (Å²) in [6, 6.07) is 15.2. The Kier molecular flexibility index (Phi) is 5.74. The van der Waals surface area contributed by atoms with E-state index in [4.69, 9.17) is 4.74 Å². The van der Waals surface area contributed by atoms with Crippen molar-refractivity contribution in [1.29, 1.82) is 0 Å². The van der Waals surface area contributed by atoms with Crippen LogP contribution in [0.4, 0.5) is 10.5 Å². The monoisotopic (exact) mass is 391 g/mol. The fraction of sp³-hybridized carbons (Fsp3) is 0.318. The standard InChI is InChI=1S/C22H25N5O2/c1-16-6-2-4-8-20(16)29-21-9-5-3-7-19(21)26-22(28)25-17-10-12-18(13-11-17)27-15-23-14-24-27/h2,4,6,8,10-15,19,21H,3,5,7,9H2,1H3,(H2,25,26,28). The highest BCUT2D eigenvalue weighted by Crippen LogP contribution is 2.26. The first-order valence-electron chi connectivity index (χ1n) is 9.94. The van der Waals surface area contributed by atoms with Gasteiger partial charge in [-0.25, -0.2) is 14.5 Å². The van der Waals surface area contributed by atoms with Crippen molar-refractivity contribution >= 4 is 11.7 Å². The van der Waals surface area contributed by atoms with Gasteiger partial charge in [-0.2, -0.15) is 5.10 Å². The van der Waals surface area contributed by atoms with E-state index in [1.165, 1.54) is 6.33 Å². The lowest BCUT2D eigenvalue weighted by Crippen LogP contribution is -2.49. The number of hydrogen-bond donors (Lipinski definition) is 2. The van der Waals surface area contributed by atoms with Crippen LogP contribution >= 0.6 is 0 Å². The molecular formula is C22H25N5O2. The van der Waals surface area contributed by atoms with Crippen molar-refractivity contribution < 1.29 is 9.53 Å². The number of amides is 2. The predicted molar refractivity (Wildman–Crippen MR) is 111 cm³/mol. The minimum absolute atomic E-state index is 0.0159. The molecule has 0 saturated heterocycles. The molecule has 0 spiro atoms. The molecule has 1 aliphatic carbocycles. The zero-order chi connectivity index (χ0) is 20.1. The highest BCUT2D eigenvalue weighted by Gasteiger charge is 2.28. The molecule has 1 aliphatic rings. The number of hydrogen-bond acceptors (Lipinski definition) is 4. The van der Waals surface area contributed by atoms with Crippen molar-refractivity contribution in [2.24, 2.45) is 0 Å². The molecule has 1 fully saturated rings. The van der Waals surface area contributed by atoms with Gasteiger partial charge in [0.25, 0.3) is 0 Å². The second kappa shape index (κ2) is 8.77. The normalized spacial score (nSPS) is 18.8. The van der Waals surface area contributed by atoms with E-state index in [2.05, 4.69) is 20.7 Å². The Morgan fingerprint density at radius 2 is 1.90 bits per heavy atom. The molecule has 2 unspecified atom stereocenters. The summed E-state index contributed by atoms with van der Waals surface area (Å²) in [6.45, 7) is 2.04. The third-order valence-electron chi connectivity index (χ3n) is 5.20. The number of nitrogens with one attached hydrogen (secondary N) is 2. The van der Waals surface area contributed by atoms with Gasteiger partial charge in [0.15, 0.2) is 0 Å². The number of ether oxygens (including phenoxy) is 1. The molecule has 150 valence electrons. The van der Waals surface area contributed by atoms with Crippen molar-refractivity contribution in [2.75, 3.05) is 5.32 Å². The Morgan fingerprint density at radius 1 is 1.10 bits per heavy atom. The third-order valence-corrected chi connectivity index (χ3v) is 5.20. The van der Waals surface area contributed by atoms with Crippen LogP contribution in [0.15, 0.2) is 61.2 Å². The molecule has 1 saturated carbocycles. The van der Waals surface area contributed by atoms with Gasteiger partial charge in [-0.1, -0.05) is 24.6 Å². The maximum Gasteiger partial charge on any atom is 0.319 e. The Morgan fingerprint density at radius 3 is 2.66 bits per heavy atom. The highest BCUT2D eigenvalue weighted by atomic mass is 16.5. The average Bonchev–Trinajstić information content (AvgIpc) is 3.26. The van der Waals surface area contributed by atoms with Crippen LogP contribution < -0.4 is 15.4 Å². The van der Waals surface area contributed by atoms with E-state index in [-0.39, 0.29) is 18.2 Å². The van der Waals surface area contributed by atoms with Crippen molar-refractivity contribution in [2.45, 2.75) is 44.8 Å². The summed E-state index contributed by atoms with van der Waals surface area (Å²) < 4.78 is 7.91. The molecule has 2 amide bonds. The number of benzene rings is 2. The van der Waals surface area contributed by atoms with Gasteiger partial charge >= 0.3 is 6.03 Å². The number of carbonyl (C=O) groups is 1. The lowest BCUT2D eigenvalue weighted by atomic mass is 9.92. The smallest absolute Gasteiger partial charge is 0.319 e. The minimum Gasteiger partial charge on any atom is -0.488 e.